The van der Waals surface area contributed by atoms with Crippen molar-refractivity contribution in [2.24, 2.45) is 5.41 Å². The largest absolute Gasteiger partial charge is 0.497 e. The highest BCUT2D eigenvalue weighted by Gasteiger charge is 2.37. The summed E-state index contributed by atoms with van der Waals surface area (Å²) in [7, 11) is 1.51. The van der Waals surface area contributed by atoms with Crippen LogP contribution in [0, 0.1) is 12.3 Å². The second kappa shape index (κ2) is 8.61. The third-order valence-corrected chi connectivity index (χ3v) is 5.39. The van der Waals surface area contributed by atoms with E-state index < -0.39 is 29.8 Å². The van der Waals surface area contributed by atoms with E-state index in [0.717, 1.165) is 0 Å². The maximum Gasteiger partial charge on any atom is 0.387 e. The highest BCUT2D eigenvalue weighted by Crippen LogP contribution is 2.42. The van der Waals surface area contributed by atoms with Crippen LogP contribution in [-0.2, 0) is 4.79 Å². The van der Waals surface area contributed by atoms with E-state index in [9.17, 15) is 23.5 Å². The summed E-state index contributed by atoms with van der Waals surface area (Å²) < 4.78 is 36.0. The number of aromatic nitrogens is 1. The normalized spacial score (nSPS) is 12.8. The Hall–Kier alpha value is -3.42. The summed E-state index contributed by atoms with van der Waals surface area (Å²) in [4.78, 5) is 25.7. The number of halogens is 2. The van der Waals surface area contributed by atoms with E-state index >= 15 is 0 Å². The van der Waals surface area contributed by atoms with Crippen molar-refractivity contribution in [2.45, 2.75) is 40.2 Å². The molecule has 0 spiro atoms. The Kier molecular flexibility index (Phi) is 6.25. The highest BCUT2D eigenvalue weighted by molar-refractivity contribution is 6.05. The van der Waals surface area contributed by atoms with Crippen LogP contribution in [0.2, 0.25) is 0 Å². The number of rotatable bonds is 6. The highest BCUT2D eigenvalue weighted by atomic mass is 19.3. The first-order chi connectivity index (χ1) is 15.0. The van der Waals surface area contributed by atoms with Crippen LogP contribution in [-0.4, -0.2) is 35.3 Å². The summed E-state index contributed by atoms with van der Waals surface area (Å²) in [6.45, 7) is 4.24. The van der Waals surface area contributed by atoms with Gasteiger partial charge in [0.1, 0.15) is 11.5 Å². The summed E-state index contributed by atoms with van der Waals surface area (Å²) in [5.41, 5.74) is 1.18. The van der Waals surface area contributed by atoms with Crippen molar-refractivity contribution in [3.05, 3.63) is 59.3 Å². The molecule has 2 aromatic carbocycles. The van der Waals surface area contributed by atoms with E-state index in [0.29, 0.717) is 27.9 Å². The number of hydrogen-bond acceptors (Lipinski definition) is 4. The Labute approximate surface area is 184 Å². The average Bonchev–Trinajstić information content (AvgIpc) is 2.97. The third-order valence-electron chi connectivity index (χ3n) is 5.39. The second-order valence-electron chi connectivity index (χ2n) is 8.56. The number of carbonyl (C=O) groups excluding carboxylic acids is 1. The van der Waals surface area contributed by atoms with Gasteiger partial charge in [-0.15, -0.1) is 0 Å². The minimum atomic E-state index is -2.96. The summed E-state index contributed by atoms with van der Waals surface area (Å²) in [5, 5.41) is 10.6. The molecule has 1 heterocycles. The molecule has 0 bridgehead atoms. The van der Waals surface area contributed by atoms with Crippen LogP contribution in [0.15, 0.2) is 42.5 Å². The zero-order chi connectivity index (χ0) is 23.8. The number of ether oxygens (including phenoxy) is 2. The molecular formula is C24H25F2NO5. The third kappa shape index (κ3) is 4.30. The first-order valence-electron chi connectivity index (χ1n) is 9.97. The predicted molar refractivity (Wildman–Crippen MR) is 116 cm³/mol. The van der Waals surface area contributed by atoms with Crippen LogP contribution < -0.4 is 9.47 Å². The average molecular weight is 445 g/mol. The molecule has 6 nitrogen and oxygen atoms in total. The molecule has 1 aromatic heterocycles. The van der Waals surface area contributed by atoms with Gasteiger partial charge in [0.05, 0.1) is 18.5 Å². The minimum Gasteiger partial charge on any atom is -0.497 e. The number of alkyl halides is 2. The molecule has 0 amide bonds. The molecule has 0 radical (unpaired) electrons. The van der Waals surface area contributed by atoms with E-state index in [-0.39, 0.29) is 11.3 Å². The molecule has 0 fully saturated rings. The minimum absolute atomic E-state index is 0.0604. The van der Waals surface area contributed by atoms with Gasteiger partial charge in [-0.3, -0.25) is 14.2 Å². The summed E-state index contributed by atoms with van der Waals surface area (Å²) >= 11 is 0. The maximum absolute atomic E-state index is 13.4. The Balaban J connectivity index is 2.23. The van der Waals surface area contributed by atoms with Crippen LogP contribution in [0.25, 0.3) is 10.9 Å². The van der Waals surface area contributed by atoms with Gasteiger partial charge in [-0.1, -0.05) is 20.8 Å². The van der Waals surface area contributed by atoms with Gasteiger partial charge in [-0.25, -0.2) is 0 Å². The number of carboxylic acids is 1. The van der Waals surface area contributed by atoms with Crippen molar-refractivity contribution in [3.8, 4) is 11.5 Å². The van der Waals surface area contributed by atoms with Gasteiger partial charge < -0.3 is 14.6 Å². The number of nitrogens with zero attached hydrogens (tertiary/aromatic N) is 1. The van der Waals surface area contributed by atoms with E-state index in [1.54, 1.807) is 25.1 Å². The lowest BCUT2D eigenvalue weighted by Gasteiger charge is -2.28. The Morgan fingerprint density at radius 3 is 2.12 bits per heavy atom. The van der Waals surface area contributed by atoms with Gasteiger partial charge in [-0.05, 0) is 60.4 Å². The molecule has 3 rings (SSSR count). The quantitative estimate of drug-likeness (QED) is 0.545. The van der Waals surface area contributed by atoms with Crippen LogP contribution in [0.4, 0.5) is 8.78 Å². The van der Waals surface area contributed by atoms with Gasteiger partial charge in [0.2, 0.25) is 0 Å². The fraction of sp³-hybridized carbons (Fsp3) is 0.333. The monoisotopic (exact) mass is 445 g/mol. The van der Waals surface area contributed by atoms with E-state index in [2.05, 4.69) is 4.74 Å². The molecule has 3 aromatic rings. The molecule has 8 heteroatoms. The first kappa shape index (κ1) is 23.2. The van der Waals surface area contributed by atoms with Gasteiger partial charge in [0.15, 0.2) is 0 Å². The van der Waals surface area contributed by atoms with Crippen LogP contribution in [0.3, 0.4) is 0 Å². The van der Waals surface area contributed by atoms with Crippen molar-refractivity contribution in [3.63, 3.8) is 0 Å². The number of benzene rings is 2. The Morgan fingerprint density at radius 1 is 1.03 bits per heavy atom. The van der Waals surface area contributed by atoms with Crippen LogP contribution in [0.5, 0.6) is 11.5 Å². The second-order valence-corrected chi connectivity index (χ2v) is 8.56. The number of carbonyl (C=O) groups is 2. The van der Waals surface area contributed by atoms with Crippen LogP contribution >= 0.6 is 0 Å². The van der Waals surface area contributed by atoms with Gasteiger partial charge in [0, 0.05) is 16.6 Å². The van der Waals surface area contributed by atoms with Crippen molar-refractivity contribution in [2.75, 3.05) is 7.11 Å². The van der Waals surface area contributed by atoms with Crippen LogP contribution in [0.1, 0.15) is 48.3 Å². The zero-order valence-corrected chi connectivity index (χ0v) is 18.5. The van der Waals surface area contributed by atoms with E-state index in [1.807, 2.05) is 20.8 Å². The molecule has 170 valence electrons. The smallest absolute Gasteiger partial charge is 0.387 e. The van der Waals surface area contributed by atoms with Crippen molar-refractivity contribution < 1.29 is 33.0 Å². The molecule has 0 aliphatic rings. The molecule has 0 aliphatic heterocycles. The lowest BCUT2D eigenvalue weighted by atomic mass is 9.75. The number of carboxylic acid groups (broad SMARTS) is 1. The van der Waals surface area contributed by atoms with Crippen molar-refractivity contribution >= 4 is 22.8 Å². The molecule has 1 unspecified atom stereocenters. The number of aliphatic carboxylic acids is 1. The van der Waals surface area contributed by atoms with Crippen molar-refractivity contribution in [1.82, 2.24) is 4.57 Å². The standard InChI is InChI=1S/C24H25F2NO5/c1-13-19(20(22(29)30)24(2,3)4)17-12-16(31-5)10-11-18(17)27(13)21(28)14-6-8-15(9-7-14)32-23(25)26/h6-12,20,23H,1-5H3,(H,29,30). The Morgan fingerprint density at radius 2 is 1.62 bits per heavy atom. The molecule has 0 saturated carbocycles. The lowest BCUT2D eigenvalue weighted by Crippen LogP contribution is -2.27. The van der Waals surface area contributed by atoms with E-state index in [1.165, 1.54) is 35.9 Å². The molecule has 32 heavy (non-hydrogen) atoms. The lowest BCUT2D eigenvalue weighted by molar-refractivity contribution is -0.141. The predicted octanol–water partition coefficient (Wildman–Crippen LogP) is 5.46. The summed E-state index contributed by atoms with van der Waals surface area (Å²) in [6.07, 6.45) is 0. The molecular weight excluding hydrogens is 420 g/mol. The molecule has 0 saturated heterocycles. The summed E-state index contributed by atoms with van der Waals surface area (Å²) in [5.74, 6) is -1.81. The van der Waals surface area contributed by atoms with E-state index in [4.69, 9.17) is 4.74 Å². The van der Waals surface area contributed by atoms with Gasteiger partial charge >= 0.3 is 12.6 Å². The number of methoxy groups -OCH3 is 1. The SMILES string of the molecule is COc1ccc2c(c1)c(C(C(=O)O)C(C)(C)C)c(C)n2C(=O)c1ccc(OC(F)F)cc1. The molecule has 0 aliphatic carbocycles. The maximum atomic E-state index is 13.4. The Bertz CT molecular complexity index is 1160. The fourth-order valence-electron chi connectivity index (χ4n) is 4.01. The first-order valence-corrected chi connectivity index (χ1v) is 9.97. The number of fused-ring (bicyclic) bond motifs is 1. The van der Waals surface area contributed by atoms with Crippen molar-refractivity contribution in [1.29, 1.82) is 0 Å². The van der Waals surface area contributed by atoms with Gasteiger partial charge in [0.25, 0.3) is 5.91 Å². The van der Waals surface area contributed by atoms with Gasteiger partial charge in [-0.2, -0.15) is 8.78 Å². The molecule has 1 N–H and O–H groups in total. The topological polar surface area (TPSA) is 77.8 Å². The fourth-order valence-corrected chi connectivity index (χ4v) is 4.01. The number of hydrogen-bond donors (Lipinski definition) is 1. The molecule has 1 atom stereocenters. The summed E-state index contributed by atoms with van der Waals surface area (Å²) in [6, 6.07) is 10.5. The zero-order valence-electron chi connectivity index (χ0n) is 18.5.